The molecule has 0 aliphatic heterocycles. The van der Waals surface area contributed by atoms with E-state index in [0.717, 1.165) is 22.0 Å². The molecule has 0 spiro atoms. The van der Waals surface area contributed by atoms with Gasteiger partial charge in [0.1, 0.15) is 5.75 Å². The van der Waals surface area contributed by atoms with Gasteiger partial charge in [-0.1, -0.05) is 22.9 Å². The highest BCUT2D eigenvalue weighted by atomic mass is 79.9. The largest absolute Gasteiger partial charge is 0.426 e. The third-order valence-corrected chi connectivity index (χ3v) is 2.40. The molecule has 0 N–H and O–H groups in total. The van der Waals surface area contributed by atoms with Crippen molar-refractivity contribution < 1.29 is 9.53 Å². The maximum atomic E-state index is 10.9. The Labute approximate surface area is 92.4 Å². The molecule has 1 aromatic rings. The van der Waals surface area contributed by atoms with Gasteiger partial charge in [0.15, 0.2) is 0 Å². The molecule has 0 aliphatic carbocycles. The Hall–Kier alpha value is -0.830. The van der Waals surface area contributed by atoms with Gasteiger partial charge in [-0.05, 0) is 36.6 Å². The Morgan fingerprint density at radius 2 is 2.14 bits per heavy atom. The molecule has 1 rings (SSSR count). The molecule has 0 unspecified atom stereocenters. The van der Waals surface area contributed by atoms with E-state index in [1.54, 1.807) is 0 Å². The maximum absolute atomic E-state index is 10.9. The SMILES string of the molecule is CCc1cc(Br)cc(C)c1OC(C)=O. The van der Waals surface area contributed by atoms with E-state index in [-0.39, 0.29) is 5.97 Å². The maximum Gasteiger partial charge on any atom is 0.308 e. The second-order valence-electron chi connectivity index (χ2n) is 3.16. The molecule has 0 saturated heterocycles. The van der Waals surface area contributed by atoms with Crippen LogP contribution in [0.5, 0.6) is 5.75 Å². The van der Waals surface area contributed by atoms with Gasteiger partial charge in [0.2, 0.25) is 0 Å². The Morgan fingerprint density at radius 1 is 1.50 bits per heavy atom. The van der Waals surface area contributed by atoms with Crippen LogP contribution in [0.4, 0.5) is 0 Å². The lowest BCUT2D eigenvalue weighted by Gasteiger charge is -2.11. The Bertz CT molecular complexity index is 359. The summed E-state index contributed by atoms with van der Waals surface area (Å²) in [7, 11) is 0. The molecule has 14 heavy (non-hydrogen) atoms. The molecule has 0 atom stereocenters. The number of halogens is 1. The quantitative estimate of drug-likeness (QED) is 0.600. The second kappa shape index (κ2) is 4.60. The molecule has 0 bridgehead atoms. The summed E-state index contributed by atoms with van der Waals surface area (Å²) in [6, 6.07) is 3.92. The van der Waals surface area contributed by atoms with Crippen molar-refractivity contribution in [3.8, 4) is 5.75 Å². The fraction of sp³-hybridized carbons (Fsp3) is 0.364. The highest BCUT2D eigenvalue weighted by Crippen LogP contribution is 2.28. The highest BCUT2D eigenvalue weighted by molar-refractivity contribution is 9.10. The predicted molar refractivity (Wildman–Crippen MR) is 59.6 cm³/mol. The topological polar surface area (TPSA) is 26.3 Å². The first-order valence-corrected chi connectivity index (χ1v) is 5.31. The number of carbonyl (C=O) groups is 1. The van der Waals surface area contributed by atoms with Gasteiger partial charge in [-0.3, -0.25) is 4.79 Å². The number of benzene rings is 1. The van der Waals surface area contributed by atoms with Crippen molar-refractivity contribution in [3.05, 3.63) is 27.7 Å². The van der Waals surface area contributed by atoms with E-state index in [2.05, 4.69) is 15.9 Å². The molecule has 0 saturated carbocycles. The number of carbonyl (C=O) groups excluding carboxylic acids is 1. The third kappa shape index (κ3) is 2.58. The van der Waals surface area contributed by atoms with Crippen molar-refractivity contribution in [2.45, 2.75) is 27.2 Å². The van der Waals surface area contributed by atoms with Crippen LogP contribution in [-0.4, -0.2) is 5.97 Å². The summed E-state index contributed by atoms with van der Waals surface area (Å²) in [4.78, 5) is 10.9. The second-order valence-corrected chi connectivity index (χ2v) is 4.07. The van der Waals surface area contributed by atoms with Crippen LogP contribution in [0.1, 0.15) is 25.0 Å². The molecule has 3 heteroatoms. The summed E-state index contributed by atoms with van der Waals surface area (Å²) < 4.78 is 6.18. The first-order chi connectivity index (χ1) is 6.54. The fourth-order valence-electron chi connectivity index (χ4n) is 1.35. The van der Waals surface area contributed by atoms with E-state index in [1.165, 1.54) is 6.92 Å². The van der Waals surface area contributed by atoms with Gasteiger partial charge in [0, 0.05) is 11.4 Å². The molecule has 0 radical (unpaired) electrons. The average Bonchev–Trinajstić information content (AvgIpc) is 2.08. The predicted octanol–water partition coefficient (Wildman–Crippen LogP) is 3.25. The summed E-state index contributed by atoms with van der Waals surface area (Å²) >= 11 is 3.41. The van der Waals surface area contributed by atoms with Crippen molar-refractivity contribution in [2.24, 2.45) is 0 Å². The van der Waals surface area contributed by atoms with E-state index >= 15 is 0 Å². The number of aryl methyl sites for hydroxylation is 2. The zero-order valence-corrected chi connectivity index (χ0v) is 10.1. The van der Waals surface area contributed by atoms with Crippen LogP contribution in [0.3, 0.4) is 0 Å². The van der Waals surface area contributed by atoms with Crippen LogP contribution in [0.2, 0.25) is 0 Å². The summed E-state index contributed by atoms with van der Waals surface area (Å²) in [5, 5.41) is 0. The van der Waals surface area contributed by atoms with E-state index in [4.69, 9.17) is 4.74 Å². The minimum Gasteiger partial charge on any atom is -0.426 e. The molecule has 0 heterocycles. The summed E-state index contributed by atoms with van der Waals surface area (Å²) in [6.45, 7) is 5.39. The van der Waals surface area contributed by atoms with Gasteiger partial charge < -0.3 is 4.74 Å². The zero-order chi connectivity index (χ0) is 10.7. The van der Waals surface area contributed by atoms with Crippen LogP contribution in [0.25, 0.3) is 0 Å². The lowest BCUT2D eigenvalue weighted by Crippen LogP contribution is -2.05. The van der Waals surface area contributed by atoms with Crippen LogP contribution in [0, 0.1) is 6.92 Å². The monoisotopic (exact) mass is 256 g/mol. The van der Waals surface area contributed by atoms with Crippen LogP contribution < -0.4 is 4.74 Å². The molecular weight excluding hydrogens is 244 g/mol. The average molecular weight is 257 g/mol. The Balaban J connectivity index is 3.18. The molecule has 1 aromatic carbocycles. The van der Waals surface area contributed by atoms with Crippen molar-refractivity contribution in [1.29, 1.82) is 0 Å². The van der Waals surface area contributed by atoms with Gasteiger partial charge in [0.25, 0.3) is 0 Å². The fourth-order valence-corrected chi connectivity index (χ4v) is 1.97. The van der Waals surface area contributed by atoms with Crippen molar-refractivity contribution in [3.63, 3.8) is 0 Å². The third-order valence-electron chi connectivity index (χ3n) is 1.94. The molecular formula is C11H13BrO2. The summed E-state index contributed by atoms with van der Waals surface area (Å²) in [6.07, 6.45) is 0.850. The normalized spacial score (nSPS) is 10.0. The smallest absolute Gasteiger partial charge is 0.308 e. The Kier molecular flexibility index (Phi) is 3.69. The van der Waals surface area contributed by atoms with Crippen molar-refractivity contribution in [2.75, 3.05) is 0 Å². The molecule has 0 aromatic heterocycles. The van der Waals surface area contributed by atoms with E-state index in [9.17, 15) is 4.79 Å². The molecule has 76 valence electrons. The summed E-state index contributed by atoms with van der Waals surface area (Å²) in [5.41, 5.74) is 2.03. The van der Waals surface area contributed by atoms with Crippen LogP contribution in [-0.2, 0) is 11.2 Å². The standard InChI is InChI=1S/C11H13BrO2/c1-4-9-6-10(12)5-7(2)11(9)14-8(3)13/h5-6H,4H2,1-3H3. The van der Waals surface area contributed by atoms with Gasteiger partial charge in [0.05, 0.1) is 0 Å². The minimum absolute atomic E-state index is 0.273. The van der Waals surface area contributed by atoms with Gasteiger partial charge in [-0.2, -0.15) is 0 Å². The lowest BCUT2D eigenvalue weighted by molar-refractivity contribution is -0.131. The van der Waals surface area contributed by atoms with E-state index in [1.807, 2.05) is 26.0 Å². The van der Waals surface area contributed by atoms with Crippen molar-refractivity contribution in [1.82, 2.24) is 0 Å². The molecule has 0 amide bonds. The number of esters is 1. The Morgan fingerprint density at radius 3 is 2.64 bits per heavy atom. The zero-order valence-electron chi connectivity index (χ0n) is 8.56. The number of ether oxygens (including phenoxy) is 1. The number of hydrogen-bond donors (Lipinski definition) is 0. The van der Waals surface area contributed by atoms with E-state index in [0.29, 0.717) is 5.75 Å². The van der Waals surface area contributed by atoms with Gasteiger partial charge >= 0.3 is 5.97 Å². The summed E-state index contributed by atoms with van der Waals surface area (Å²) in [5.74, 6) is 0.424. The first-order valence-electron chi connectivity index (χ1n) is 4.52. The van der Waals surface area contributed by atoms with Crippen molar-refractivity contribution >= 4 is 21.9 Å². The molecule has 0 aliphatic rings. The first kappa shape index (κ1) is 11.2. The van der Waals surface area contributed by atoms with Crippen LogP contribution >= 0.6 is 15.9 Å². The lowest BCUT2D eigenvalue weighted by atomic mass is 10.1. The highest BCUT2D eigenvalue weighted by Gasteiger charge is 2.09. The molecule has 2 nitrogen and oxygen atoms in total. The van der Waals surface area contributed by atoms with E-state index < -0.39 is 0 Å². The number of rotatable bonds is 2. The number of hydrogen-bond acceptors (Lipinski definition) is 2. The van der Waals surface area contributed by atoms with Gasteiger partial charge in [-0.25, -0.2) is 0 Å². The molecule has 0 fully saturated rings. The minimum atomic E-state index is -0.273. The van der Waals surface area contributed by atoms with Crippen LogP contribution in [0.15, 0.2) is 16.6 Å². The van der Waals surface area contributed by atoms with Gasteiger partial charge in [-0.15, -0.1) is 0 Å².